The standard InChI is InChI=1S/C35H46N8O3.C2HF3O2/c36-31(37)26-16-12-22(13-17-26)20-28(25-8-2-1-3-9-25)33(45)43-30(21-23-14-15-24-7-4-5-10-27(24)19-23)34(46)42-29(32(38)44)11-6-18-41-35(39)40;3-2(4,5)1(6)7/h4-5,7,10,12-17,19,25,28-30H,1-3,6,8-9,11,18,20-21H2,(H3,36,37)(H2,38,44)(H,42,46)(H,43,45)(H4,39,40,41);(H,6,7)/t28-,29?,30-;/m0./s1. The predicted octanol–water partition coefficient (Wildman–Crippen LogP) is 3.25. The molecule has 4 rings (SSSR count). The van der Waals surface area contributed by atoms with Gasteiger partial charge in [0, 0.05) is 24.4 Å². The second kappa shape index (κ2) is 19.8. The Morgan fingerprint density at radius 1 is 0.811 bits per heavy atom. The van der Waals surface area contributed by atoms with Crippen LogP contribution in [0.4, 0.5) is 13.2 Å². The van der Waals surface area contributed by atoms with E-state index in [9.17, 15) is 27.6 Å². The molecule has 0 aliphatic heterocycles. The van der Waals surface area contributed by atoms with Crippen LogP contribution in [-0.2, 0) is 32.0 Å². The van der Waals surface area contributed by atoms with Crippen LogP contribution in [0.15, 0.2) is 71.7 Å². The van der Waals surface area contributed by atoms with E-state index >= 15 is 0 Å². The molecule has 0 heterocycles. The number of aliphatic imine (C=N–C) groups is 1. The smallest absolute Gasteiger partial charge is 0.475 e. The van der Waals surface area contributed by atoms with Crippen molar-refractivity contribution in [2.45, 2.75) is 76.0 Å². The van der Waals surface area contributed by atoms with Gasteiger partial charge in [-0.25, -0.2) is 4.79 Å². The van der Waals surface area contributed by atoms with Gasteiger partial charge in [-0.15, -0.1) is 0 Å². The Morgan fingerprint density at radius 2 is 1.40 bits per heavy atom. The SMILES string of the molecule is N=C(N)c1ccc(C[C@H](C(=O)N[C@@H](Cc2ccc3ccccc3c2)C(=O)NC(CCCN=C(N)N)C(N)=O)C2CCCCC2)cc1.O=C(O)C(F)(F)F. The predicted molar refractivity (Wildman–Crippen MR) is 196 cm³/mol. The third kappa shape index (κ3) is 13.8. The number of aliphatic carboxylic acids is 1. The van der Waals surface area contributed by atoms with E-state index in [1.807, 2.05) is 54.6 Å². The van der Waals surface area contributed by atoms with Crippen molar-refractivity contribution in [1.29, 1.82) is 5.41 Å². The monoisotopic (exact) mass is 740 g/mol. The van der Waals surface area contributed by atoms with Gasteiger partial charge in [-0.3, -0.25) is 24.8 Å². The lowest BCUT2D eigenvalue weighted by Gasteiger charge is -2.31. The van der Waals surface area contributed by atoms with Crippen molar-refractivity contribution in [2.24, 2.45) is 39.8 Å². The van der Waals surface area contributed by atoms with E-state index in [0.717, 1.165) is 54.0 Å². The first-order valence-corrected chi connectivity index (χ1v) is 17.2. The summed E-state index contributed by atoms with van der Waals surface area (Å²) in [5.74, 6) is -4.38. The second-order valence-electron chi connectivity index (χ2n) is 13.0. The maximum atomic E-state index is 14.2. The van der Waals surface area contributed by atoms with Gasteiger partial charge in [0.2, 0.25) is 17.7 Å². The number of carboxylic acid groups (broad SMARTS) is 1. The fourth-order valence-corrected chi connectivity index (χ4v) is 6.24. The normalized spacial score (nSPS) is 14.8. The van der Waals surface area contributed by atoms with Crippen molar-refractivity contribution in [3.05, 3.63) is 83.4 Å². The molecule has 0 radical (unpaired) electrons. The molecule has 3 aromatic rings. The molecule has 3 amide bonds. The molecule has 0 bridgehead atoms. The number of nitrogens with zero attached hydrogens (tertiary/aromatic N) is 1. The minimum absolute atomic E-state index is 0.0128. The highest BCUT2D eigenvalue weighted by atomic mass is 19.4. The highest BCUT2D eigenvalue weighted by Gasteiger charge is 2.38. The average Bonchev–Trinajstić information content (AvgIpc) is 3.11. The summed E-state index contributed by atoms with van der Waals surface area (Å²) in [4.78, 5) is 53.1. The first kappa shape index (κ1) is 41.7. The minimum Gasteiger partial charge on any atom is -0.475 e. The number of nitrogen functional groups attached to an aromatic ring is 1. The number of carboxylic acids is 1. The van der Waals surface area contributed by atoms with Crippen LogP contribution >= 0.6 is 0 Å². The number of carbonyl (C=O) groups excluding carboxylic acids is 3. The highest BCUT2D eigenvalue weighted by molar-refractivity contribution is 5.95. The fraction of sp³-hybridized carbons (Fsp3) is 0.405. The Hall–Kier alpha value is -5.67. The number of hydrogen-bond acceptors (Lipinski definition) is 6. The molecule has 1 unspecified atom stereocenters. The summed E-state index contributed by atoms with van der Waals surface area (Å²) in [5, 5.41) is 22.8. The molecule has 53 heavy (non-hydrogen) atoms. The summed E-state index contributed by atoms with van der Waals surface area (Å²) in [7, 11) is 0. The molecule has 12 N–H and O–H groups in total. The van der Waals surface area contributed by atoms with Crippen molar-refractivity contribution in [3.8, 4) is 0 Å². The fourth-order valence-electron chi connectivity index (χ4n) is 6.24. The number of halogens is 3. The van der Waals surface area contributed by atoms with Crippen molar-refractivity contribution in [1.82, 2.24) is 10.6 Å². The zero-order valence-corrected chi connectivity index (χ0v) is 29.2. The average molecular weight is 741 g/mol. The number of primary amides is 1. The van der Waals surface area contributed by atoms with E-state index in [1.54, 1.807) is 12.1 Å². The van der Waals surface area contributed by atoms with Crippen LogP contribution in [0, 0.1) is 17.2 Å². The molecule has 1 aliphatic carbocycles. The van der Waals surface area contributed by atoms with Crippen molar-refractivity contribution in [3.63, 3.8) is 0 Å². The van der Waals surface area contributed by atoms with E-state index in [2.05, 4.69) is 15.6 Å². The molecule has 13 nitrogen and oxygen atoms in total. The summed E-state index contributed by atoms with van der Waals surface area (Å²) < 4.78 is 31.7. The van der Waals surface area contributed by atoms with Crippen molar-refractivity contribution < 1.29 is 37.5 Å². The van der Waals surface area contributed by atoms with E-state index in [1.165, 1.54) is 0 Å². The quantitative estimate of drug-likeness (QED) is 0.0651. The topological polar surface area (TPSA) is 253 Å². The first-order chi connectivity index (χ1) is 25.0. The van der Waals surface area contributed by atoms with E-state index in [-0.39, 0.29) is 48.9 Å². The molecular weight excluding hydrogens is 693 g/mol. The van der Waals surface area contributed by atoms with Gasteiger partial charge in [-0.1, -0.05) is 86.0 Å². The molecule has 0 spiro atoms. The number of alkyl halides is 3. The molecule has 0 saturated heterocycles. The van der Waals surface area contributed by atoms with Gasteiger partial charge in [0.15, 0.2) is 5.96 Å². The largest absolute Gasteiger partial charge is 0.490 e. The van der Waals surface area contributed by atoms with Gasteiger partial charge in [0.25, 0.3) is 0 Å². The molecule has 16 heteroatoms. The zero-order valence-electron chi connectivity index (χ0n) is 29.2. The van der Waals surface area contributed by atoms with Crippen LogP contribution in [0.5, 0.6) is 0 Å². The summed E-state index contributed by atoms with van der Waals surface area (Å²) >= 11 is 0. The number of nitrogens with one attached hydrogen (secondary N) is 3. The van der Waals surface area contributed by atoms with Gasteiger partial charge in [-0.2, -0.15) is 13.2 Å². The van der Waals surface area contributed by atoms with Crippen LogP contribution in [0.2, 0.25) is 0 Å². The third-order valence-corrected chi connectivity index (χ3v) is 9.01. The summed E-state index contributed by atoms with van der Waals surface area (Å²) in [6, 6.07) is 19.4. The summed E-state index contributed by atoms with van der Waals surface area (Å²) in [6.45, 7) is 0.287. The van der Waals surface area contributed by atoms with Gasteiger partial charge < -0.3 is 38.7 Å². The van der Waals surface area contributed by atoms with Crippen LogP contribution < -0.4 is 33.6 Å². The lowest BCUT2D eigenvalue weighted by Crippen LogP contribution is -2.55. The maximum absolute atomic E-state index is 14.2. The zero-order chi connectivity index (χ0) is 39.1. The van der Waals surface area contributed by atoms with Gasteiger partial charge in [-0.05, 0) is 59.9 Å². The van der Waals surface area contributed by atoms with Crippen LogP contribution in [0.25, 0.3) is 10.8 Å². The molecule has 1 aliphatic rings. The molecule has 3 atom stereocenters. The van der Waals surface area contributed by atoms with Gasteiger partial charge in [0.1, 0.15) is 17.9 Å². The Bertz CT molecular complexity index is 1760. The molecule has 286 valence electrons. The summed E-state index contributed by atoms with van der Waals surface area (Å²) in [5.41, 5.74) is 24.6. The number of rotatable bonds is 15. The van der Waals surface area contributed by atoms with Crippen LogP contribution in [0.3, 0.4) is 0 Å². The van der Waals surface area contributed by atoms with Gasteiger partial charge in [0.05, 0.1) is 0 Å². The number of amidine groups is 1. The highest BCUT2D eigenvalue weighted by Crippen LogP contribution is 2.32. The first-order valence-electron chi connectivity index (χ1n) is 17.2. The number of hydrogen-bond donors (Lipinski definition) is 8. The lowest BCUT2D eigenvalue weighted by molar-refractivity contribution is -0.192. The van der Waals surface area contributed by atoms with E-state index < -0.39 is 36.0 Å². The van der Waals surface area contributed by atoms with Crippen LogP contribution in [0.1, 0.15) is 61.6 Å². The molecule has 0 aromatic heterocycles. The molecule has 3 aromatic carbocycles. The number of fused-ring (bicyclic) bond motifs is 1. The van der Waals surface area contributed by atoms with Crippen molar-refractivity contribution >= 4 is 46.3 Å². The molecular formula is C37H47F3N8O5. The number of benzene rings is 3. The maximum Gasteiger partial charge on any atom is 0.490 e. The Balaban J connectivity index is 0.000000980. The third-order valence-electron chi connectivity index (χ3n) is 9.01. The minimum atomic E-state index is -5.08. The van der Waals surface area contributed by atoms with Crippen LogP contribution in [-0.4, -0.2) is 65.4 Å². The number of amides is 3. The summed E-state index contributed by atoms with van der Waals surface area (Å²) in [6.07, 6.45) is 1.44. The number of guanidine groups is 1. The van der Waals surface area contributed by atoms with E-state index in [0.29, 0.717) is 18.4 Å². The Labute approximate surface area is 305 Å². The molecule has 1 fully saturated rings. The number of carbonyl (C=O) groups is 4. The second-order valence-corrected chi connectivity index (χ2v) is 13.0. The van der Waals surface area contributed by atoms with E-state index in [4.69, 9.17) is 38.2 Å². The lowest BCUT2D eigenvalue weighted by atomic mass is 9.76. The Morgan fingerprint density at radius 3 is 1.96 bits per heavy atom. The van der Waals surface area contributed by atoms with Crippen molar-refractivity contribution in [2.75, 3.05) is 6.54 Å². The van der Waals surface area contributed by atoms with Gasteiger partial charge >= 0.3 is 12.1 Å². The molecule has 1 saturated carbocycles. The number of nitrogens with two attached hydrogens (primary N) is 4. The Kier molecular flexibility index (Phi) is 15.6.